The summed E-state index contributed by atoms with van der Waals surface area (Å²) in [6.45, 7) is 5.36. The van der Waals surface area contributed by atoms with E-state index in [4.69, 9.17) is 0 Å². The number of rotatable bonds is 6. The average molecular weight is 501 g/mol. The van der Waals surface area contributed by atoms with E-state index in [0.29, 0.717) is 5.92 Å². The predicted molar refractivity (Wildman–Crippen MR) is 152 cm³/mol. The van der Waals surface area contributed by atoms with E-state index in [1.54, 1.807) is 0 Å². The Balaban J connectivity index is 1.16. The first kappa shape index (κ1) is 24.9. The van der Waals surface area contributed by atoms with Crippen LogP contribution in [0, 0.1) is 5.92 Å². The number of benzene rings is 2. The fourth-order valence-corrected chi connectivity index (χ4v) is 7.63. The van der Waals surface area contributed by atoms with Gasteiger partial charge < -0.3 is 10.3 Å². The molecule has 3 aromatic rings. The van der Waals surface area contributed by atoms with Gasteiger partial charge in [-0.2, -0.15) is 0 Å². The Morgan fingerprint density at radius 3 is 2.32 bits per heavy atom. The molecule has 0 bridgehead atoms. The van der Waals surface area contributed by atoms with Gasteiger partial charge in [0, 0.05) is 12.1 Å². The highest BCUT2D eigenvalue weighted by molar-refractivity contribution is 5.76. The van der Waals surface area contributed by atoms with E-state index in [-0.39, 0.29) is 11.2 Å². The molecule has 3 aliphatic rings. The van der Waals surface area contributed by atoms with Crippen LogP contribution in [0.2, 0.25) is 0 Å². The summed E-state index contributed by atoms with van der Waals surface area (Å²) in [6.07, 6.45) is 14.0. The van der Waals surface area contributed by atoms with Crippen LogP contribution in [-0.2, 0) is 12.1 Å². The van der Waals surface area contributed by atoms with Crippen molar-refractivity contribution in [1.29, 1.82) is 0 Å². The molecule has 37 heavy (non-hydrogen) atoms. The zero-order valence-corrected chi connectivity index (χ0v) is 22.4. The molecule has 1 aromatic heterocycles. The summed E-state index contributed by atoms with van der Waals surface area (Å²) in [6, 6.07) is 18.1. The molecule has 2 N–H and O–H groups in total. The standard InChI is InChI=1S/C32H44N4O/c37-31-34-29-24-27(10-11-30(29)36(31)23-14-25-12-19-33-20-13-25)26-15-21-35(22-16-26)32(17-6-1-2-7-18-32)28-8-4-3-5-9-28/h3-5,8-11,24-26,33H,1-2,6-7,12-23H2,(H,34,37). The van der Waals surface area contributed by atoms with Gasteiger partial charge in [0.2, 0.25) is 0 Å². The lowest BCUT2D eigenvalue weighted by Gasteiger charge is -2.48. The number of aromatic nitrogens is 2. The third-order valence-electron chi connectivity index (χ3n) is 9.83. The molecule has 6 rings (SSSR count). The molecule has 0 spiro atoms. The van der Waals surface area contributed by atoms with Crippen molar-refractivity contribution in [2.45, 2.75) is 88.6 Å². The first-order valence-electron chi connectivity index (χ1n) is 15.0. The van der Waals surface area contributed by atoms with Gasteiger partial charge in [0.05, 0.1) is 11.0 Å². The number of hydrogen-bond acceptors (Lipinski definition) is 3. The Kier molecular flexibility index (Phi) is 7.53. The minimum atomic E-state index is 0.0501. The number of aromatic amines is 1. The molecule has 0 atom stereocenters. The quantitative estimate of drug-likeness (QED) is 0.399. The van der Waals surface area contributed by atoms with Crippen molar-refractivity contribution in [3.8, 4) is 0 Å². The van der Waals surface area contributed by atoms with Crippen LogP contribution in [0.5, 0.6) is 0 Å². The minimum Gasteiger partial charge on any atom is -0.317 e. The van der Waals surface area contributed by atoms with Gasteiger partial charge in [0.25, 0.3) is 0 Å². The van der Waals surface area contributed by atoms with E-state index < -0.39 is 0 Å². The fourth-order valence-electron chi connectivity index (χ4n) is 7.63. The van der Waals surface area contributed by atoms with Crippen LogP contribution in [0.15, 0.2) is 53.3 Å². The minimum absolute atomic E-state index is 0.0501. The number of nitrogens with zero attached hydrogens (tertiary/aromatic N) is 2. The zero-order chi connectivity index (χ0) is 25.1. The smallest absolute Gasteiger partial charge is 0.317 e. The van der Waals surface area contributed by atoms with E-state index in [1.807, 2.05) is 4.57 Å². The predicted octanol–water partition coefficient (Wildman–Crippen LogP) is 6.15. The van der Waals surface area contributed by atoms with Crippen molar-refractivity contribution in [2.24, 2.45) is 5.92 Å². The number of hydrogen-bond donors (Lipinski definition) is 2. The van der Waals surface area contributed by atoms with Gasteiger partial charge in [0.15, 0.2) is 0 Å². The van der Waals surface area contributed by atoms with Gasteiger partial charge >= 0.3 is 5.69 Å². The number of piperidine rings is 2. The highest BCUT2D eigenvalue weighted by Gasteiger charge is 2.40. The maximum absolute atomic E-state index is 12.8. The largest absolute Gasteiger partial charge is 0.326 e. The molecule has 3 fully saturated rings. The van der Waals surface area contributed by atoms with Gasteiger partial charge in [-0.1, -0.05) is 62.1 Å². The summed E-state index contributed by atoms with van der Waals surface area (Å²) >= 11 is 0. The summed E-state index contributed by atoms with van der Waals surface area (Å²) < 4.78 is 1.97. The Bertz CT molecular complexity index is 1210. The number of likely N-dealkylation sites (tertiary alicyclic amines) is 1. The molecule has 198 valence electrons. The summed E-state index contributed by atoms with van der Waals surface area (Å²) in [7, 11) is 0. The molecule has 0 unspecified atom stereocenters. The summed E-state index contributed by atoms with van der Waals surface area (Å²) in [5.74, 6) is 1.30. The van der Waals surface area contributed by atoms with E-state index in [0.717, 1.165) is 56.1 Å². The SMILES string of the molecule is O=c1[nH]c2cc(C3CCN(C4(c5ccccc5)CCCCCC4)CC3)ccc2n1CCC1CCNCC1. The van der Waals surface area contributed by atoms with E-state index in [1.165, 1.54) is 75.3 Å². The third kappa shape index (κ3) is 5.18. The van der Waals surface area contributed by atoms with Crippen molar-refractivity contribution >= 4 is 11.0 Å². The summed E-state index contributed by atoms with van der Waals surface area (Å²) in [5, 5.41) is 3.44. The van der Waals surface area contributed by atoms with Gasteiger partial charge in [-0.15, -0.1) is 0 Å². The zero-order valence-electron chi connectivity index (χ0n) is 22.4. The molecule has 1 aliphatic carbocycles. The Labute approximate surface area is 221 Å². The average Bonchev–Trinajstić information content (AvgIpc) is 3.10. The molecule has 3 heterocycles. The molecule has 5 nitrogen and oxygen atoms in total. The monoisotopic (exact) mass is 500 g/mol. The van der Waals surface area contributed by atoms with E-state index >= 15 is 0 Å². The Morgan fingerprint density at radius 2 is 1.59 bits per heavy atom. The maximum atomic E-state index is 12.8. The molecule has 0 amide bonds. The second kappa shape index (κ2) is 11.2. The molecule has 2 saturated heterocycles. The van der Waals surface area contributed by atoms with E-state index in [2.05, 4.69) is 63.7 Å². The molecule has 2 aliphatic heterocycles. The lowest BCUT2D eigenvalue weighted by atomic mass is 9.78. The van der Waals surface area contributed by atoms with Gasteiger partial charge in [-0.3, -0.25) is 9.47 Å². The van der Waals surface area contributed by atoms with Crippen LogP contribution in [0.25, 0.3) is 11.0 Å². The molecule has 0 radical (unpaired) electrons. The first-order valence-corrected chi connectivity index (χ1v) is 15.0. The van der Waals surface area contributed by atoms with Crippen LogP contribution in [-0.4, -0.2) is 40.6 Å². The van der Waals surface area contributed by atoms with Crippen molar-refractivity contribution in [3.05, 3.63) is 70.1 Å². The van der Waals surface area contributed by atoms with Crippen molar-refractivity contribution in [2.75, 3.05) is 26.2 Å². The number of imidazole rings is 1. The van der Waals surface area contributed by atoms with E-state index in [9.17, 15) is 4.79 Å². The Morgan fingerprint density at radius 1 is 0.865 bits per heavy atom. The third-order valence-corrected chi connectivity index (χ3v) is 9.83. The van der Waals surface area contributed by atoms with Crippen LogP contribution in [0.1, 0.15) is 87.7 Å². The number of fused-ring (bicyclic) bond motifs is 1. The molecular formula is C32H44N4O. The Hall–Kier alpha value is -2.37. The second-order valence-corrected chi connectivity index (χ2v) is 11.9. The van der Waals surface area contributed by atoms with Crippen molar-refractivity contribution in [1.82, 2.24) is 19.8 Å². The first-order chi connectivity index (χ1) is 18.2. The van der Waals surface area contributed by atoms with Gasteiger partial charge in [0.1, 0.15) is 0 Å². The second-order valence-electron chi connectivity index (χ2n) is 11.9. The van der Waals surface area contributed by atoms with Gasteiger partial charge in [-0.05, 0) is 106 Å². The molecular weight excluding hydrogens is 456 g/mol. The topological polar surface area (TPSA) is 53.1 Å². The molecule has 5 heteroatoms. The summed E-state index contributed by atoms with van der Waals surface area (Å²) in [5.41, 5.74) is 5.27. The van der Waals surface area contributed by atoms with Crippen LogP contribution < -0.4 is 11.0 Å². The van der Waals surface area contributed by atoms with Crippen LogP contribution >= 0.6 is 0 Å². The highest BCUT2D eigenvalue weighted by Crippen LogP contribution is 2.44. The normalized spacial score (nSPS) is 22.3. The highest BCUT2D eigenvalue weighted by atomic mass is 16.1. The van der Waals surface area contributed by atoms with Crippen molar-refractivity contribution < 1.29 is 0 Å². The maximum Gasteiger partial charge on any atom is 0.326 e. The molecule has 1 saturated carbocycles. The van der Waals surface area contributed by atoms with Crippen LogP contribution in [0.3, 0.4) is 0 Å². The van der Waals surface area contributed by atoms with Crippen LogP contribution in [0.4, 0.5) is 0 Å². The number of H-pyrrole nitrogens is 1. The fraction of sp³-hybridized carbons (Fsp3) is 0.594. The van der Waals surface area contributed by atoms with Crippen molar-refractivity contribution in [3.63, 3.8) is 0 Å². The lowest BCUT2D eigenvalue weighted by molar-refractivity contribution is 0.0434. The van der Waals surface area contributed by atoms with Gasteiger partial charge in [-0.25, -0.2) is 4.79 Å². The number of aryl methyl sites for hydroxylation is 1. The number of nitrogens with one attached hydrogen (secondary N) is 2. The molecule has 2 aromatic carbocycles. The summed E-state index contributed by atoms with van der Waals surface area (Å²) in [4.78, 5) is 18.8. The lowest BCUT2D eigenvalue weighted by Crippen LogP contribution is -2.49.